The van der Waals surface area contributed by atoms with E-state index in [9.17, 15) is 4.79 Å². The van der Waals surface area contributed by atoms with Crippen LogP contribution in [-0.4, -0.2) is 29.4 Å². The van der Waals surface area contributed by atoms with Gasteiger partial charge < -0.3 is 10.2 Å². The summed E-state index contributed by atoms with van der Waals surface area (Å²) < 4.78 is 0. The van der Waals surface area contributed by atoms with Crippen molar-refractivity contribution in [1.82, 2.24) is 9.88 Å². The van der Waals surface area contributed by atoms with Crippen LogP contribution in [0.5, 0.6) is 0 Å². The van der Waals surface area contributed by atoms with E-state index >= 15 is 0 Å². The molecule has 1 aliphatic heterocycles. The van der Waals surface area contributed by atoms with Crippen LogP contribution in [0.15, 0.2) is 23.6 Å². The lowest BCUT2D eigenvalue weighted by molar-refractivity contribution is 0.0783. The van der Waals surface area contributed by atoms with Crippen molar-refractivity contribution in [2.45, 2.75) is 26.3 Å². The zero-order chi connectivity index (χ0) is 14.8. The smallest absolute Gasteiger partial charge is 0.253 e. The van der Waals surface area contributed by atoms with E-state index in [1.54, 1.807) is 16.2 Å². The molecule has 0 saturated heterocycles. The van der Waals surface area contributed by atoms with Gasteiger partial charge in [-0.25, -0.2) is 4.98 Å². The van der Waals surface area contributed by atoms with Gasteiger partial charge in [-0.15, -0.1) is 11.3 Å². The van der Waals surface area contributed by atoms with E-state index in [0.717, 1.165) is 41.3 Å². The number of nitrogens with one attached hydrogen (secondary N) is 1. The van der Waals surface area contributed by atoms with Gasteiger partial charge >= 0.3 is 0 Å². The Labute approximate surface area is 128 Å². The van der Waals surface area contributed by atoms with Gasteiger partial charge in [0.05, 0.1) is 17.2 Å². The molecule has 21 heavy (non-hydrogen) atoms. The predicted octanol–water partition coefficient (Wildman–Crippen LogP) is 3.08. The molecular formula is C16H19N3OS. The fraction of sp³-hybridized carbons (Fsp3) is 0.375. The van der Waals surface area contributed by atoms with E-state index in [-0.39, 0.29) is 5.91 Å². The Bertz CT molecular complexity index is 665. The number of anilines is 1. The molecule has 5 heteroatoms. The molecule has 0 aliphatic carbocycles. The van der Waals surface area contributed by atoms with Crippen LogP contribution in [0.25, 0.3) is 0 Å². The Hall–Kier alpha value is -1.88. The monoisotopic (exact) mass is 301 g/mol. The number of carbonyl (C=O) groups excluding carboxylic acids is 1. The average molecular weight is 301 g/mol. The highest BCUT2D eigenvalue weighted by Crippen LogP contribution is 2.23. The molecule has 4 nitrogen and oxygen atoms in total. The van der Waals surface area contributed by atoms with Crippen LogP contribution in [0.3, 0.4) is 0 Å². The van der Waals surface area contributed by atoms with Gasteiger partial charge in [-0.3, -0.25) is 4.79 Å². The maximum absolute atomic E-state index is 12.5. The molecule has 0 saturated carbocycles. The van der Waals surface area contributed by atoms with Gasteiger partial charge in [0.2, 0.25) is 0 Å². The van der Waals surface area contributed by atoms with E-state index < -0.39 is 0 Å². The predicted molar refractivity (Wildman–Crippen MR) is 85.9 cm³/mol. The zero-order valence-corrected chi connectivity index (χ0v) is 13.2. The lowest BCUT2D eigenvalue weighted by Crippen LogP contribution is -2.26. The van der Waals surface area contributed by atoms with Crippen molar-refractivity contribution in [3.8, 4) is 0 Å². The number of carbonyl (C=O) groups is 1. The maximum Gasteiger partial charge on any atom is 0.253 e. The van der Waals surface area contributed by atoms with Crippen molar-refractivity contribution < 1.29 is 4.79 Å². The highest BCUT2D eigenvalue weighted by atomic mass is 32.1. The molecule has 1 aromatic heterocycles. The van der Waals surface area contributed by atoms with Gasteiger partial charge in [0.15, 0.2) is 0 Å². The number of hydrogen-bond donors (Lipinski definition) is 1. The summed E-state index contributed by atoms with van der Waals surface area (Å²) in [5.74, 6) is 0.0500. The third kappa shape index (κ3) is 3.08. The van der Waals surface area contributed by atoms with Gasteiger partial charge in [0.25, 0.3) is 5.91 Å². The minimum atomic E-state index is 0.0500. The second-order valence-corrected chi connectivity index (χ2v) is 6.48. The standard InChI is InChI=1S/C16H19N3OS/c1-11-18-14(10-21-11)9-19(2)16(20)13-5-6-15-12(8-13)4-3-7-17-15/h5-6,8,10,17H,3-4,7,9H2,1-2H3. The van der Waals surface area contributed by atoms with Crippen molar-refractivity contribution in [1.29, 1.82) is 0 Å². The number of benzene rings is 1. The molecule has 1 amide bonds. The SMILES string of the molecule is Cc1nc(CN(C)C(=O)c2ccc3c(c2)CCCN3)cs1. The molecule has 0 bridgehead atoms. The van der Waals surface area contributed by atoms with Gasteiger partial charge in [0, 0.05) is 30.2 Å². The van der Waals surface area contributed by atoms with Crippen LogP contribution in [0.1, 0.15) is 33.0 Å². The van der Waals surface area contributed by atoms with E-state index in [4.69, 9.17) is 0 Å². The number of aryl methyl sites for hydroxylation is 2. The normalized spacial score (nSPS) is 13.4. The second-order valence-electron chi connectivity index (χ2n) is 5.42. The van der Waals surface area contributed by atoms with Crippen LogP contribution >= 0.6 is 11.3 Å². The second kappa shape index (κ2) is 5.85. The molecule has 0 spiro atoms. The van der Waals surface area contributed by atoms with Crippen molar-refractivity contribution >= 4 is 22.9 Å². The Morgan fingerprint density at radius 2 is 2.33 bits per heavy atom. The molecule has 2 aromatic rings. The lowest BCUT2D eigenvalue weighted by atomic mass is 10.0. The molecule has 2 heterocycles. The molecule has 0 radical (unpaired) electrons. The topological polar surface area (TPSA) is 45.2 Å². The molecule has 1 aromatic carbocycles. The summed E-state index contributed by atoms with van der Waals surface area (Å²) >= 11 is 1.62. The zero-order valence-electron chi connectivity index (χ0n) is 12.3. The molecular weight excluding hydrogens is 282 g/mol. The molecule has 0 atom stereocenters. The summed E-state index contributed by atoms with van der Waals surface area (Å²) in [6, 6.07) is 5.94. The summed E-state index contributed by atoms with van der Waals surface area (Å²) in [6.45, 7) is 3.55. The summed E-state index contributed by atoms with van der Waals surface area (Å²) in [5.41, 5.74) is 4.11. The van der Waals surface area contributed by atoms with Crippen LogP contribution in [-0.2, 0) is 13.0 Å². The lowest BCUT2D eigenvalue weighted by Gasteiger charge is -2.20. The molecule has 1 aliphatic rings. The van der Waals surface area contributed by atoms with Crippen LogP contribution < -0.4 is 5.32 Å². The number of amides is 1. The third-order valence-corrected chi connectivity index (χ3v) is 4.53. The Kier molecular flexibility index (Phi) is 3.92. The Morgan fingerprint density at radius 1 is 1.48 bits per heavy atom. The summed E-state index contributed by atoms with van der Waals surface area (Å²) in [7, 11) is 1.83. The number of thiazole rings is 1. The van der Waals surface area contributed by atoms with Crippen molar-refractivity contribution in [2.24, 2.45) is 0 Å². The number of aromatic nitrogens is 1. The molecule has 3 rings (SSSR count). The highest BCUT2D eigenvalue weighted by Gasteiger charge is 2.16. The minimum Gasteiger partial charge on any atom is -0.385 e. The number of rotatable bonds is 3. The summed E-state index contributed by atoms with van der Waals surface area (Å²) in [6.07, 6.45) is 2.16. The quantitative estimate of drug-likeness (QED) is 0.947. The first kappa shape index (κ1) is 14.1. The summed E-state index contributed by atoms with van der Waals surface area (Å²) in [4.78, 5) is 18.7. The molecule has 0 unspecified atom stereocenters. The minimum absolute atomic E-state index is 0.0500. The van der Waals surface area contributed by atoms with Crippen LogP contribution in [0, 0.1) is 6.92 Å². The maximum atomic E-state index is 12.5. The van der Waals surface area contributed by atoms with Crippen molar-refractivity contribution in [3.05, 3.63) is 45.4 Å². The molecule has 0 fully saturated rings. The third-order valence-electron chi connectivity index (χ3n) is 3.70. The van der Waals surface area contributed by atoms with Gasteiger partial charge in [0.1, 0.15) is 0 Å². The number of hydrogen-bond acceptors (Lipinski definition) is 4. The number of nitrogens with zero attached hydrogens (tertiary/aromatic N) is 2. The van der Waals surface area contributed by atoms with Gasteiger partial charge in [-0.05, 0) is 43.5 Å². The Balaban J connectivity index is 1.75. The highest BCUT2D eigenvalue weighted by molar-refractivity contribution is 7.09. The van der Waals surface area contributed by atoms with Gasteiger partial charge in [-0.1, -0.05) is 0 Å². The first-order chi connectivity index (χ1) is 10.1. The first-order valence-corrected chi connectivity index (χ1v) is 8.05. The van der Waals surface area contributed by atoms with E-state index in [1.165, 1.54) is 5.56 Å². The average Bonchev–Trinajstić information content (AvgIpc) is 2.91. The molecule has 110 valence electrons. The van der Waals surface area contributed by atoms with Crippen LogP contribution in [0.2, 0.25) is 0 Å². The fourth-order valence-corrected chi connectivity index (χ4v) is 3.23. The summed E-state index contributed by atoms with van der Waals surface area (Å²) in [5, 5.41) is 6.41. The van der Waals surface area contributed by atoms with E-state index in [1.807, 2.05) is 37.6 Å². The Morgan fingerprint density at radius 3 is 3.10 bits per heavy atom. The van der Waals surface area contributed by atoms with Crippen molar-refractivity contribution in [3.63, 3.8) is 0 Å². The van der Waals surface area contributed by atoms with Gasteiger partial charge in [-0.2, -0.15) is 0 Å². The van der Waals surface area contributed by atoms with Crippen LogP contribution in [0.4, 0.5) is 5.69 Å². The van der Waals surface area contributed by atoms with Crippen molar-refractivity contribution in [2.75, 3.05) is 18.9 Å². The fourth-order valence-electron chi connectivity index (χ4n) is 2.62. The largest absolute Gasteiger partial charge is 0.385 e. The first-order valence-electron chi connectivity index (χ1n) is 7.17. The van der Waals surface area contributed by atoms with E-state index in [2.05, 4.69) is 10.3 Å². The molecule has 1 N–H and O–H groups in total. The van der Waals surface area contributed by atoms with E-state index in [0.29, 0.717) is 6.54 Å². The number of fused-ring (bicyclic) bond motifs is 1.